The van der Waals surface area contributed by atoms with Crippen LogP contribution in [-0.4, -0.2) is 12.5 Å². The van der Waals surface area contributed by atoms with Crippen molar-refractivity contribution in [3.63, 3.8) is 0 Å². The fraction of sp³-hybridized carbons (Fsp3) is 0.385. The molecule has 0 spiro atoms. The van der Waals surface area contributed by atoms with Gasteiger partial charge in [-0.15, -0.1) is 0 Å². The van der Waals surface area contributed by atoms with Crippen molar-refractivity contribution in [3.05, 3.63) is 33.8 Å². The Balaban J connectivity index is 2.45. The van der Waals surface area contributed by atoms with E-state index in [0.717, 1.165) is 22.9 Å². The normalized spacial score (nSPS) is 9.71. The number of nitriles is 1. The second-order valence-electron chi connectivity index (χ2n) is 3.85. The highest BCUT2D eigenvalue weighted by Crippen LogP contribution is 2.18. The molecular weight excluding hydrogens is 280 g/mol. The molecule has 3 nitrogen and oxygen atoms in total. The molecule has 0 bridgehead atoms. The van der Waals surface area contributed by atoms with Crippen LogP contribution in [0, 0.1) is 18.3 Å². The lowest BCUT2D eigenvalue weighted by Crippen LogP contribution is -2.24. The molecule has 0 atom stereocenters. The van der Waals surface area contributed by atoms with E-state index in [9.17, 15) is 4.79 Å². The smallest absolute Gasteiger partial charge is 0.252 e. The first kappa shape index (κ1) is 13.7. The SMILES string of the molecule is Cc1ccc(C(=O)NCCCCC#N)c(Br)c1. The van der Waals surface area contributed by atoms with Crippen LogP contribution in [0.2, 0.25) is 0 Å². The van der Waals surface area contributed by atoms with Crippen LogP contribution in [0.4, 0.5) is 0 Å². The van der Waals surface area contributed by atoms with Crippen molar-refractivity contribution in [1.82, 2.24) is 5.32 Å². The van der Waals surface area contributed by atoms with Crippen LogP contribution in [0.1, 0.15) is 35.2 Å². The number of benzene rings is 1. The number of hydrogen-bond donors (Lipinski definition) is 1. The van der Waals surface area contributed by atoms with Crippen LogP contribution in [0.5, 0.6) is 0 Å². The highest BCUT2D eigenvalue weighted by atomic mass is 79.9. The first-order chi connectivity index (χ1) is 8.15. The third-order valence-electron chi connectivity index (χ3n) is 2.37. The van der Waals surface area contributed by atoms with Crippen molar-refractivity contribution >= 4 is 21.8 Å². The number of nitrogens with one attached hydrogen (secondary N) is 1. The predicted octanol–water partition coefficient (Wildman–Crippen LogP) is 3.18. The van der Waals surface area contributed by atoms with E-state index in [-0.39, 0.29) is 5.91 Å². The molecule has 17 heavy (non-hydrogen) atoms. The second-order valence-corrected chi connectivity index (χ2v) is 4.71. The molecule has 0 radical (unpaired) electrons. The summed E-state index contributed by atoms with van der Waals surface area (Å²) in [5.41, 5.74) is 1.76. The van der Waals surface area contributed by atoms with Gasteiger partial charge in [0.1, 0.15) is 0 Å². The number of nitrogens with zero attached hydrogens (tertiary/aromatic N) is 1. The van der Waals surface area contributed by atoms with Crippen molar-refractivity contribution in [2.24, 2.45) is 0 Å². The minimum atomic E-state index is -0.0752. The van der Waals surface area contributed by atoms with E-state index in [2.05, 4.69) is 27.3 Å². The molecule has 90 valence electrons. The number of amides is 1. The van der Waals surface area contributed by atoms with Crippen molar-refractivity contribution in [3.8, 4) is 6.07 Å². The Morgan fingerprint density at radius 1 is 1.47 bits per heavy atom. The van der Waals surface area contributed by atoms with E-state index in [4.69, 9.17) is 5.26 Å². The highest BCUT2D eigenvalue weighted by molar-refractivity contribution is 9.10. The molecule has 1 aromatic carbocycles. The predicted molar refractivity (Wildman–Crippen MR) is 70.7 cm³/mol. The zero-order valence-electron chi connectivity index (χ0n) is 9.79. The van der Waals surface area contributed by atoms with Gasteiger partial charge in [-0.1, -0.05) is 6.07 Å². The topological polar surface area (TPSA) is 52.9 Å². The molecular formula is C13H15BrN2O. The zero-order chi connectivity index (χ0) is 12.7. The number of rotatable bonds is 5. The standard InChI is InChI=1S/C13H15BrN2O/c1-10-5-6-11(12(14)9-10)13(17)16-8-4-2-3-7-15/h5-6,9H,2-4,8H2,1H3,(H,16,17). The van der Waals surface area contributed by atoms with Crippen LogP contribution in [-0.2, 0) is 0 Å². The van der Waals surface area contributed by atoms with Gasteiger partial charge in [0.15, 0.2) is 0 Å². The molecule has 0 fully saturated rings. The van der Waals surface area contributed by atoms with Crippen molar-refractivity contribution in [2.45, 2.75) is 26.2 Å². The average Bonchev–Trinajstić information content (AvgIpc) is 2.28. The van der Waals surface area contributed by atoms with E-state index in [1.807, 2.05) is 25.1 Å². The fourth-order valence-electron chi connectivity index (χ4n) is 1.43. The maximum absolute atomic E-state index is 11.8. The van der Waals surface area contributed by atoms with E-state index in [1.54, 1.807) is 0 Å². The first-order valence-corrected chi connectivity index (χ1v) is 6.35. The minimum absolute atomic E-state index is 0.0752. The van der Waals surface area contributed by atoms with Crippen LogP contribution >= 0.6 is 15.9 Å². The van der Waals surface area contributed by atoms with E-state index >= 15 is 0 Å². The Bertz CT molecular complexity index is 438. The molecule has 4 heteroatoms. The third kappa shape index (κ3) is 4.58. The Hall–Kier alpha value is -1.34. The van der Waals surface area contributed by atoms with Gasteiger partial charge >= 0.3 is 0 Å². The lowest BCUT2D eigenvalue weighted by atomic mass is 10.1. The number of carbonyl (C=O) groups excluding carboxylic acids is 1. The summed E-state index contributed by atoms with van der Waals surface area (Å²) in [6, 6.07) is 7.73. The summed E-state index contributed by atoms with van der Waals surface area (Å²) >= 11 is 3.38. The van der Waals surface area contributed by atoms with Crippen molar-refractivity contribution in [1.29, 1.82) is 5.26 Å². The van der Waals surface area contributed by atoms with Gasteiger partial charge in [-0.25, -0.2) is 0 Å². The van der Waals surface area contributed by atoms with E-state index < -0.39 is 0 Å². The molecule has 1 aromatic rings. The Labute approximate surface area is 110 Å². The second kappa shape index (κ2) is 7.08. The molecule has 0 heterocycles. The molecule has 0 saturated carbocycles. The van der Waals surface area contributed by atoms with E-state index in [0.29, 0.717) is 18.5 Å². The van der Waals surface area contributed by atoms with Gasteiger partial charge < -0.3 is 5.32 Å². The monoisotopic (exact) mass is 294 g/mol. The van der Waals surface area contributed by atoms with Gasteiger partial charge in [-0.05, 0) is 53.4 Å². The number of aryl methyl sites for hydroxylation is 1. The molecule has 1 rings (SSSR count). The Morgan fingerprint density at radius 2 is 2.24 bits per heavy atom. The van der Waals surface area contributed by atoms with Crippen LogP contribution in [0.15, 0.2) is 22.7 Å². The zero-order valence-corrected chi connectivity index (χ0v) is 11.4. The quantitative estimate of drug-likeness (QED) is 0.848. The largest absolute Gasteiger partial charge is 0.352 e. The van der Waals surface area contributed by atoms with Gasteiger partial charge in [-0.3, -0.25) is 4.79 Å². The number of hydrogen-bond acceptors (Lipinski definition) is 2. The van der Waals surface area contributed by atoms with Gasteiger partial charge in [0.05, 0.1) is 11.6 Å². The minimum Gasteiger partial charge on any atom is -0.352 e. The Kier molecular flexibility index (Phi) is 5.71. The lowest BCUT2D eigenvalue weighted by Gasteiger charge is -2.06. The number of carbonyl (C=O) groups is 1. The Morgan fingerprint density at radius 3 is 2.88 bits per heavy atom. The van der Waals surface area contributed by atoms with Gasteiger partial charge in [-0.2, -0.15) is 5.26 Å². The van der Waals surface area contributed by atoms with Gasteiger partial charge in [0, 0.05) is 17.4 Å². The molecule has 1 amide bonds. The summed E-state index contributed by atoms with van der Waals surface area (Å²) in [5.74, 6) is -0.0752. The summed E-state index contributed by atoms with van der Waals surface area (Å²) in [6.07, 6.45) is 2.21. The maximum atomic E-state index is 11.8. The van der Waals surface area contributed by atoms with E-state index in [1.165, 1.54) is 0 Å². The maximum Gasteiger partial charge on any atom is 0.252 e. The molecule has 1 N–H and O–H groups in total. The third-order valence-corrected chi connectivity index (χ3v) is 3.03. The van der Waals surface area contributed by atoms with Gasteiger partial charge in [0.2, 0.25) is 0 Å². The molecule has 0 aliphatic rings. The molecule has 0 aliphatic heterocycles. The molecule has 0 aromatic heterocycles. The van der Waals surface area contributed by atoms with Crippen LogP contribution in [0.25, 0.3) is 0 Å². The highest BCUT2D eigenvalue weighted by Gasteiger charge is 2.08. The summed E-state index contributed by atoms with van der Waals surface area (Å²) in [6.45, 7) is 2.59. The van der Waals surface area contributed by atoms with Crippen molar-refractivity contribution < 1.29 is 4.79 Å². The van der Waals surface area contributed by atoms with Gasteiger partial charge in [0.25, 0.3) is 5.91 Å². The average molecular weight is 295 g/mol. The summed E-state index contributed by atoms with van der Waals surface area (Å²) in [4.78, 5) is 11.8. The number of unbranched alkanes of at least 4 members (excludes halogenated alkanes) is 2. The summed E-state index contributed by atoms with van der Waals surface area (Å²) < 4.78 is 0.812. The lowest BCUT2D eigenvalue weighted by molar-refractivity contribution is 0.0952. The summed E-state index contributed by atoms with van der Waals surface area (Å²) in [5, 5.41) is 11.2. The van der Waals surface area contributed by atoms with Crippen molar-refractivity contribution in [2.75, 3.05) is 6.54 Å². The molecule has 0 unspecified atom stereocenters. The molecule has 0 aliphatic carbocycles. The van der Waals surface area contributed by atoms with Crippen LogP contribution < -0.4 is 5.32 Å². The molecule has 0 saturated heterocycles. The number of halogens is 1. The first-order valence-electron chi connectivity index (χ1n) is 5.56. The fourth-order valence-corrected chi connectivity index (χ4v) is 2.10. The summed E-state index contributed by atoms with van der Waals surface area (Å²) in [7, 11) is 0. The van der Waals surface area contributed by atoms with Crippen LogP contribution in [0.3, 0.4) is 0 Å².